The summed E-state index contributed by atoms with van der Waals surface area (Å²) < 4.78 is 17.1. The molecule has 1 saturated heterocycles. The molecule has 1 fully saturated rings. The Hall–Kier alpha value is -1.79. The summed E-state index contributed by atoms with van der Waals surface area (Å²) in [5.41, 5.74) is 1.33. The van der Waals surface area contributed by atoms with Crippen LogP contribution in [0.3, 0.4) is 0 Å². The number of rotatable bonds is 23. The Kier molecular flexibility index (Phi) is 22.4. The molecule has 17 atom stereocenters. The van der Waals surface area contributed by atoms with Crippen LogP contribution in [-0.4, -0.2) is 144 Å². The van der Waals surface area contributed by atoms with Crippen molar-refractivity contribution >= 4 is 5.97 Å². The third-order valence-corrected chi connectivity index (χ3v) is 10.7. The molecule has 54 heavy (non-hydrogen) atoms. The van der Waals surface area contributed by atoms with Gasteiger partial charge in [0.2, 0.25) is 0 Å². The molecule has 0 unspecified atom stereocenters. The fourth-order valence-corrected chi connectivity index (χ4v) is 7.16. The number of hydrogen-bond donors (Lipinski definition) is 10. The molecule has 0 aromatic heterocycles. The van der Waals surface area contributed by atoms with Crippen molar-refractivity contribution in [3.63, 3.8) is 0 Å². The molecule has 1 heterocycles. The molecule has 14 heteroatoms. The zero-order valence-electron chi connectivity index (χ0n) is 33.9. The van der Waals surface area contributed by atoms with E-state index in [1.54, 1.807) is 33.8 Å². The summed E-state index contributed by atoms with van der Waals surface area (Å²) in [4.78, 5) is 12.5. The first kappa shape index (κ1) is 50.2. The maximum atomic E-state index is 12.5. The van der Waals surface area contributed by atoms with Crippen LogP contribution in [0.25, 0.3) is 0 Å². The van der Waals surface area contributed by atoms with Crippen molar-refractivity contribution in [1.29, 1.82) is 0 Å². The molecule has 1 aliphatic heterocycles. The van der Waals surface area contributed by atoms with Crippen molar-refractivity contribution in [3.8, 4) is 0 Å². The summed E-state index contributed by atoms with van der Waals surface area (Å²) in [7, 11) is 0. The van der Waals surface area contributed by atoms with E-state index in [1.807, 2.05) is 19.9 Å². The van der Waals surface area contributed by atoms with E-state index < -0.39 is 105 Å². The van der Waals surface area contributed by atoms with Crippen molar-refractivity contribution in [3.05, 3.63) is 34.9 Å². The monoisotopic (exact) mass is 776 g/mol. The minimum absolute atomic E-state index is 0.0477. The lowest BCUT2D eigenvalue weighted by Gasteiger charge is -2.42. The molecule has 0 saturated carbocycles. The van der Waals surface area contributed by atoms with E-state index in [2.05, 4.69) is 20.8 Å². The molecule has 0 aromatic carbocycles. The second-order valence-electron chi connectivity index (χ2n) is 15.9. The molecule has 1 aliphatic rings. The molecule has 0 aliphatic carbocycles. The normalized spacial score (nSPS) is 28.5. The number of carbonyl (C=O) groups excluding carboxylic acids is 1. The van der Waals surface area contributed by atoms with Crippen LogP contribution in [-0.2, 0) is 19.0 Å². The Balaban J connectivity index is 3.13. The second kappa shape index (κ2) is 24.1. The number of aliphatic hydroxyl groups excluding tert-OH is 10. The van der Waals surface area contributed by atoms with Crippen LogP contribution in [0.5, 0.6) is 0 Å². The highest BCUT2D eigenvalue weighted by atomic mass is 16.7. The maximum absolute atomic E-state index is 12.5. The maximum Gasteiger partial charge on any atom is 0.333 e. The zero-order valence-corrected chi connectivity index (χ0v) is 33.9. The highest BCUT2D eigenvalue weighted by Gasteiger charge is 2.45. The first-order chi connectivity index (χ1) is 25.1. The van der Waals surface area contributed by atoms with Gasteiger partial charge in [0.1, 0.15) is 49.3 Å². The molecule has 0 bridgehead atoms. The van der Waals surface area contributed by atoms with Crippen LogP contribution in [0.15, 0.2) is 34.9 Å². The number of esters is 1. The third kappa shape index (κ3) is 15.3. The Morgan fingerprint density at radius 3 is 1.78 bits per heavy atom. The van der Waals surface area contributed by atoms with Gasteiger partial charge < -0.3 is 65.3 Å². The van der Waals surface area contributed by atoms with Crippen molar-refractivity contribution in [1.82, 2.24) is 0 Å². The van der Waals surface area contributed by atoms with Gasteiger partial charge in [0.15, 0.2) is 6.29 Å². The molecule has 0 amide bonds. The predicted molar refractivity (Wildman–Crippen MR) is 202 cm³/mol. The Morgan fingerprint density at radius 1 is 0.722 bits per heavy atom. The fourth-order valence-electron chi connectivity index (χ4n) is 7.16. The number of hydrogen-bond acceptors (Lipinski definition) is 14. The summed E-state index contributed by atoms with van der Waals surface area (Å²) in [6, 6.07) is 0. The van der Waals surface area contributed by atoms with Crippen LogP contribution in [0, 0.1) is 35.5 Å². The topological polar surface area (TPSA) is 247 Å². The summed E-state index contributed by atoms with van der Waals surface area (Å²) in [5.74, 6) is -1.23. The van der Waals surface area contributed by atoms with E-state index >= 15 is 0 Å². The summed E-state index contributed by atoms with van der Waals surface area (Å²) in [6.45, 7) is 17.0. The molecule has 0 aromatic rings. The molecule has 14 nitrogen and oxygen atoms in total. The lowest BCUT2D eigenvalue weighted by Crippen LogP contribution is -2.60. The average Bonchev–Trinajstić information content (AvgIpc) is 3.13. The molecular formula is C40H72O14. The minimum Gasteiger partial charge on any atom is -0.459 e. The Bertz CT molecular complexity index is 1190. The number of aliphatic hydroxyl groups is 10. The zero-order chi connectivity index (χ0) is 41.6. The summed E-state index contributed by atoms with van der Waals surface area (Å²) >= 11 is 0. The van der Waals surface area contributed by atoms with Gasteiger partial charge in [-0.3, -0.25) is 0 Å². The lowest BCUT2D eigenvalue weighted by molar-refractivity contribution is -0.317. The lowest BCUT2D eigenvalue weighted by atomic mass is 9.82. The highest BCUT2D eigenvalue weighted by Crippen LogP contribution is 2.33. The van der Waals surface area contributed by atoms with Crippen LogP contribution < -0.4 is 0 Å². The fraction of sp³-hybridized carbons (Fsp3) is 0.825. The van der Waals surface area contributed by atoms with E-state index in [9.17, 15) is 50.8 Å². The van der Waals surface area contributed by atoms with Gasteiger partial charge in [-0.25, -0.2) is 4.79 Å². The van der Waals surface area contributed by atoms with Gasteiger partial charge in [-0.2, -0.15) is 0 Å². The first-order valence-corrected chi connectivity index (χ1v) is 19.3. The predicted octanol–water partition coefficient (Wildman–Crippen LogP) is 1.36. The molecule has 0 radical (unpaired) electrons. The number of ether oxygens (including phenoxy) is 3. The van der Waals surface area contributed by atoms with Gasteiger partial charge in [-0.05, 0) is 62.5 Å². The Morgan fingerprint density at radius 2 is 1.26 bits per heavy atom. The van der Waals surface area contributed by atoms with Crippen molar-refractivity contribution < 1.29 is 70.1 Å². The first-order valence-electron chi connectivity index (χ1n) is 19.3. The molecular weight excluding hydrogens is 704 g/mol. The standard InChI is InChI=1S/C40H72O14/c1-11-20(2)12-21(3)13-26(8)38(54-40-37(50)36(49)35(48)31(18-42)53-40)27(9)15-24(6)32(45)22(4)14-23(5)33(46)25(7)16-28(10)39(51)52-19-30(44)34(47)29(43)17-41/h14-16,20-22,25-27,29-38,40-50H,11-13,17-19H2,1-10H3/b23-14+,24-15+,28-16+/t20-,21+,22+,25-,26-,27+,29-,30-,31-,32+,33+,34-,35-,36+,37+,38+,40+/m1/s1. The van der Waals surface area contributed by atoms with Gasteiger partial charge in [0, 0.05) is 23.3 Å². The van der Waals surface area contributed by atoms with Gasteiger partial charge >= 0.3 is 5.97 Å². The van der Waals surface area contributed by atoms with E-state index in [-0.39, 0.29) is 17.4 Å². The van der Waals surface area contributed by atoms with Gasteiger partial charge in [0.05, 0.1) is 31.5 Å². The van der Waals surface area contributed by atoms with Gasteiger partial charge in [-0.1, -0.05) is 73.1 Å². The van der Waals surface area contributed by atoms with Crippen LogP contribution >= 0.6 is 0 Å². The Labute approximate surface area is 321 Å². The molecule has 10 N–H and O–H groups in total. The SMILES string of the molecule is CC[C@@H](C)C[C@H](C)C[C@@H](C)[C@H](O[C@@H]1O[C@H](CO)[C@@H](O)[C@H](O)[C@@H]1O)[C@@H](C)/C=C(\C)[C@@H](O)[C@@H](C)/C=C(\C)[C@H](O)[C@H](C)/C=C(\C)C(=O)OC[C@@H](O)[C@H](O)[C@H](O)CO. The van der Waals surface area contributed by atoms with Crippen molar-refractivity contribution in [2.24, 2.45) is 35.5 Å². The average molecular weight is 777 g/mol. The van der Waals surface area contributed by atoms with Crippen molar-refractivity contribution in [2.75, 3.05) is 19.8 Å². The molecule has 0 spiro atoms. The van der Waals surface area contributed by atoms with Gasteiger partial charge in [-0.15, -0.1) is 0 Å². The van der Waals surface area contributed by atoms with Crippen LogP contribution in [0.2, 0.25) is 0 Å². The van der Waals surface area contributed by atoms with E-state index in [0.29, 0.717) is 23.0 Å². The van der Waals surface area contributed by atoms with Crippen molar-refractivity contribution in [2.45, 2.75) is 156 Å². The number of carbonyl (C=O) groups is 1. The van der Waals surface area contributed by atoms with Gasteiger partial charge in [0.25, 0.3) is 0 Å². The minimum atomic E-state index is -1.71. The quantitative estimate of drug-likeness (QED) is 0.0400. The summed E-state index contributed by atoms with van der Waals surface area (Å²) in [6.07, 6.45) is -6.45. The smallest absolute Gasteiger partial charge is 0.333 e. The van der Waals surface area contributed by atoms with E-state index in [1.165, 1.54) is 13.0 Å². The second-order valence-corrected chi connectivity index (χ2v) is 15.9. The highest BCUT2D eigenvalue weighted by molar-refractivity contribution is 5.87. The largest absolute Gasteiger partial charge is 0.459 e. The third-order valence-electron chi connectivity index (χ3n) is 10.7. The van der Waals surface area contributed by atoms with Crippen LogP contribution in [0.1, 0.15) is 88.5 Å². The van der Waals surface area contributed by atoms with Crippen LogP contribution in [0.4, 0.5) is 0 Å². The van der Waals surface area contributed by atoms with E-state index in [0.717, 1.165) is 19.3 Å². The van der Waals surface area contributed by atoms with E-state index in [4.69, 9.17) is 19.3 Å². The molecule has 316 valence electrons. The summed E-state index contributed by atoms with van der Waals surface area (Å²) in [5, 5.41) is 102. The molecule has 1 rings (SSSR count).